The number of H-pyrrole nitrogens is 1. The number of aromatic nitrogens is 5. The number of carbonyl (C=O) groups excluding carboxylic acids is 1. The summed E-state index contributed by atoms with van der Waals surface area (Å²) in [5.74, 6) is -2.96. The lowest BCUT2D eigenvalue weighted by Crippen LogP contribution is -2.64. The molecule has 0 aliphatic carbocycles. The molecule has 0 aromatic carbocycles. The molecule has 0 saturated carbocycles. The number of hydrogen-bond acceptors (Lipinski definition) is 8. The Balaban J connectivity index is 0.000000383. The molecular formula is C18H17F3N7O4S-. The Labute approximate surface area is 185 Å². The van der Waals surface area contributed by atoms with Gasteiger partial charge in [-0.1, -0.05) is 0 Å². The SMILES string of the molecule is CCS(=O)(=O)N1CC(CC#N)(n2cc(-c3ncnc4[nH]ccc34)cn2)C1.O=C([O-])C(F)(F)F. The number of halogens is 3. The van der Waals surface area contributed by atoms with E-state index >= 15 is 0 Å². The summed E-state index contributed by atoms with van der Waals surface area (Å²) in [5.41, 5.74) is 1.64. The summed E-state index contributed by atoms with van der Waals surface area (Å²) in [7, 11) is -3.27. The smallest absolute Gasteiger partial charge is 0.430 e. The first-order valence-electron chi connectivity index (χ1n) is 9.40. The Morgan fingerprint density at radius 3 is 2.61 bits per heavy atom. The van der Waals surface area contributed by atoms with Gasteiger partial charge < -0.3 is 14.9 Å². The monoisotopic (exact) mass is 484 g/mol. The zero-order chi connectivity index (χ0) is 24.4. The molecule has 4 heterocycles. The van der Waals surface area contributed by atoms with Gasteiger partial charge in [-0.3, -0.25) is 4.68 Å². The molecule has 11 nitrogen and oxygen atoms in total. The van der Waals surface area contributed by atoms with Crippen LogP contribution in [-0.2, 0) is 20.4 Å². The highest BCUT2D eigenvalue weighted by Gasteiger charge is 2.49. The maximum atomic E-state index is 12.0. The van der Waals surface area contributed by atoms with Crippen LogP contribution >= 0.6 is 0 Å². The highest BCUT2D eigenvalue weighted by Crippen LogP contribution is 2.35. The summed E-state index contributed by atoms with van der Waals surface area (Å²) in [5, 5.41) is 23.3. The number of carboxylic acids is 1. The maximum absolute atomic E-state index is 12.0. The molecule has 33 heavy (non-hydrogen) atoms. The number of rotatable bonds is 5. The molecule has 0 unspecified atom stereocenters. The number of fused-ring (bicyclic) bond motifs is 1. The molecule has 0 amide bonds. The van der Waals surface area contributed by atoms with E-state index < -0.39 is 27.7 Å². The number of aromatic amines is 1. The molecule has 0 spiro atoms. The lowest BCUT2D eigenvalue weighted by Gasteiger charge is -2.47. The zero-order valence-corrected chi connectivity index (χ0v) is 17.9. The Morgan fingerprint density at radius 2 is 2.03 bits per heavy atom. The van der Waals surface area contributed by atoms with Gasteiger partial charge in [0.2, 0.25) is 10.0 Å². The number of aliphatic carboxylic acids is 1. The van der Waals surface area contributed by atoms with Crippen LogP contribution in [0.1, 0.15) is 13.3 Å². The first-order chi connectivity index (χ1) is 15.4. The highest BCUT2D eigenvalue weighted by molar-refractivity contribution is 7.89. The van der Waals surface area contributed by atoms with E-state index in [2.05, 4.69) is 26.1 Å². The van der Waals surface area contributed by atoms with Gasteiger partial charge in [0, 0.05) is 36.4 Å². The first-order valence-corrected chi connectivity index (χ1v) is 11.0. The summed E-state index contributed by atoms with van der Waals surface area (Å²) in [6, 6.07) is 4.06. The van der Waals surface area contributed by atoms with Crippen LogP contribution < -0.4 is 5.11 Å². The maximum Gasteiger partial charge on any atom is 0.430 e. The van der Waals surface area contributed by atoms with E-state index in [1.165, 1.54) is 10.6 Å². The predicted octanol–water partition coefficient (Wildman–Crippen LogP) is 0.394. The fourth-order valence-electron chi connectivity index (χ4n) is 3.28. The predicted molar refractivity (Wildman–Crippen MR) is 105 cm³/mol. The number of nitriles is 1. The molecule has 1 fully saturated rings. The van der Waals surface area contributed by atoms with Gasteiger partial charge in [0.25, 0.3) is 0 Å². The molecule has 1 N–H and O–H groups in total. The van der Waals surface area contributed by atoms with Crippen molar-refractivity contribution >= 4 is 27.0 Å². The molecule has 1 aliphatic heterocycles. The lowest BCUT2D eigenvalue weighted by molar-refractivity contribution is -0.344. The number of hydrogen-bond donors (Lipinski definition) is 1. The topological polar surface area (TPSA) is 161 Å². The van der Waals surface area contributed by atoms with Crippen molar-refractivity contribution in [3.63, 3.8) is 0 Å². The van der Waals surface area contributed by atoms with E-state index in [1.54, 1.807) is 24.0 Å². The van der Waals surface area contributed by atoms with Gasteiger partial charge in [-0.25, -0.2) is 18.4 Å². The molecular weight excluding hydrogens is 467 g/mol. The molecule has 3 aromatic rings. The van der Waals surface area contributed by atoms with Crippen molar-refractivity contribution in [3.8, 4) is 17.3 Å². The van der Waals surface area contributed by atoms with Gasteiger partial charge in [0.15, 0.2) is 0 Å². The second-order valence-electron chi connectivity index (χ2n) is 7.15. The summed E-state index contributed by atoms with van der Waals surface area (Å²) in [4.78, 5) is 20.4. The second kappa shape index (κ2) is 8.79. The van der Waals surface area contributed by atoms with Crippen LogP contribution in [0.3, 0.4) is 0 Å². The van der Waals surface area contributed by atoms with E-state index in [9.17, 15) is 26.9 Å². The van der Waals surface area contributed by atoms with Crippen molar-refractivity contribution in [3.05, 3.63) is 31.0 Å². The summed E-state index contributed by atoms with van der Waals surface area (Å²) >= 11 is 0. The van der Waals surface area contributed by atoms with Crippen molar-refractivity contribution in [2.24, 2.45) is 0 Å². The number of nitrogens with one attached hydrogen (secondary N) is 1. The lowest BCUT2D eigenvalue weighted by atomic mass is 9.89. The van der Waals surface area contributed by atoms with E-state index in [0.717, 1.165) is 22.3 Å². The van der Waals surface area contributed by atoms with E-state index in [-0.39, 0.29) is 25.3 Å². The molecule has 15 heteroatoms. The van der Waals surface area contributed by atoms with Crippen molar-refractivity contribution in [1.82, 2.24) is 29.0 Å². The molecule has 4 rings (SSSR count). The number of sulfonamides is 1. The molecule has 3 aromatic heterocycles. The average molecular weight is 484 g/mol. The molecule has 1 aliphatic rings. The quantitative estimate of drug-likeness (QED) is 0.544. The van der Waals surface area contributed by atoms with Crippen molar-refractivity contribution < 1.29 is 31.5 Å². The fraction of sp³-hybridized carbons (Fsp3) is 0.389. The van der Waals surface area contributed by atoms with Crippen LogP contribution in [0.2, 0.25) is 0 Å². The normalized spacial score (nSPS) is 15.8. The summed E-state index contributed by atoms with van der Waals surface area (Å²) < 4.78 is 58.7. The molecule has 0 bridgehead atoms. The first kappa shape index (κ1) is 24.1. The van der Waals surface area contributed by atoms with E-state index in [1.807, 2.05) is 12.3 Å². The molecule has 176 valence electrons. The van der Waals surface area contributed by atoms with E-state index in [0.29, 0.717) is 0 Å². The minimum absolute atomic E-state index is 0.0480. The number of nitrogens with zero attached hydrogens (tertiary/aromatic N) is 6. The minimum atomic E-state index is -5.19. The van der Waals surface area contributed by atoms with Gasteiger partial charge in [0.1, 0.15) is 23.5 Å². The van der Waals surface area contributed by atoms with Crippen LogP contribution in [-0.4, -0.2) is 68.4 Å². The van der Waals surface area contributed by atoms with Crippen LogP contribution in [0.5, 0.6) is 0 Å². The van der Waals surface area contributed by atoms with Gasteiger partial charge in [-0.15, -0.1) is 0 Å². The Hall–Kier alpha value is -3.51. The Morgan fingerprint density at radius 1 is 1.36 bits per heavy atom. The fourth-order valence-corrected chi connectivity index (χ4v) is 4.52. The van der Waals surface area contributed by atoms with Crippen molar-refractivity contribution in [1.29, 1.82) is 5.26 Å². The second-order valence-corrected chi connectivity index (χ2v) is 9.41. The number of carbonyl (C=O) groups is 1. The van der Waals surface area contributed by atoms with Crippen molar-refractivity contribution in [2.45, 2.75) is 25.1 Å². The third kappa shape index (κ3) is 4.81. The number of alkyl halides is 3. The van der Waals surface area contributed by atoms with Crippen LogP contribution in [0.25, 0.3) is 22.3 Å². The van der Waals surface area contributed by atoms with Crippen molar-refractivity contribution in [2.75, 3.05) is 18.8 Å². The van der Waals surface area contributed by atoms with Gasteiger partial charge in [-0.2, -0.15) is 27.8 Å². The third-order valence-corrected chi connectivity index (χ3v) is 6.81. The number of carboxylic acid groups (broad SMARTS) is 1. The Kier molecular flexibility index (Phi) is 6.43. The van der Waals surface area contributed by atoms with Gasteiger partial charge >= 0.3 is 6.18 Å². The summed E-state index contributed by atoms with van der Waals surface area (Å²) in [6.45, 7) is 2.12. The average Bonchev–Trinajstić information content (AvgIpc) is 3.39. The van der Waals surface area contributed by atoms with E-state index in [4.69, 9.17) is 9.90 Å². The molecule has 1 saturated heterocycles. The van der Waals surface area contributed by atoms with Crippen LogP contribution in [0.15, 0.2) is 31.0 Å². The standard InChI is InChI=1S/C16H17N7O2S.C2HF3O2/c1-2-26(24,25)22-9-16(10-22,4-5-17)23-8-12(7-21-23)14-13-3-6-18-15(13)20-11-19-14;3-2(4,5)1(6)7/h3,6-8,11H,2,4,9-10H2,1H3,(H,18,19,20);(H,6,7)/p-1. The molecule has 0 atom stereocenters. The van der Waals surface area contributed by atoms with Crippen LogP contribution in [0, 0.1) is 11.3 Å². The zero-order valence-electron chi connectivity index (χ0n) is 17.1. The third-order valence-electron chi connectivity index (χ3n) is 5.04. The summed E-state index contributed by atoms with van der Waals surface area (Å²) in [6.07, 6.45) is 1.78. The largest absolute Gasteiger partial charge is 0.542 e. The molecule has 0 radical (unpaired) electrons. The Bertz CT molecular complexity index is 1300. The van der Waals surface area contributed by atoms with Gasteiger partial charge in [-0.05, 0) is 13.0 Å². The van der Waals surface area contributed by atoms with Crippen LogP contribution in [0.4, 0.5) is 13.2 Å². The minimum Gasteiger partial charge on any atom is -0.542 e. The van der Waals surface area contributed by atoms with Gasteiger partial charge in [0.05, 0.1) is 30.1 Å². The highest BCUT2D eigenvalue weighted by atomic mass is 32.2.